The maximum Gasteiger partial charge on any atom is 0.315 e. The van der Waals surface area contributed by atoms with E-state index < -0.39 is 0 Å². The molecule has 0 aromatic heterocycles. The fraction of sp³-hybridized carbons (Fsp3) is 0.619. The molecule has 2 fully saturated rings. The zero-order valence-electron chi connectivity index (χ0n) is 16.6. The van der Waals surface area contributed by atoms with E-state index in [1.54, 1.807) is 4.90 Å². The Kier molecular flexibility index (Phi) is 6.72. The van der Waals surface area contributed by atoms with Crippen LogP contribution in [-0.2, 0) is 4.79 Å². The van der Waals surface area contributed by atoms with Crippen molar-refractivity contribution in [2.45, 2.75) is 52.0 Å². The van der Waals surface area contributed by atoms with Crippen molar-refractivity contribution in [3.63, 3.8) is 0 Å². The van der Waals surface area contributed by atoms with Crippen LogP contribution < -0.4 is 15.5 Å². The Bertz CT molecular complexity index is 670. The van der Waals surface area contributed by atoms with E-state index in [1.165, 1.54) is 43.5 Å². The van der Waals surface area contributed by atoms with Crippen LogP contribution in [0.1, 0.15) is 43.2 Å². The quantitative estimate of drug-likeness (QED) is 0.755. The Morgan fingerprint density at radius 2 is 1.93 bits per heavy atom. The third-order valence-corrected chi connectivity index (χ3v) is 5.65. The molecule has 0 aliphatic carbocycles. The number of hydrogen-bond acceptors (Lipinski definition) is 3. The summed E-state index contributed by atoms with van der Waals surface area (Å²) in [6.45, 7) is 8.72. The molecule has 0 saturated carbocycles. The Morgan fingerprint density at radius 1 is 1.15 bits per heavy atom. The lowest BCUT2D eigenvalue weighted by Gasteiger charge is -2.26. The molecule has 6 nitrogen and oxygen atoms in total. The number of likely N-dealkylation sites (tertiary alicyclic amines) is 1. The molecule has 3 rings (SSSR count). The van der Waals surface area contributed by atoms with Gasteiger partial charge in [0.15, 0.2) is 0 Å². The first-order valence-electron chi connectivity index (χ1n) is 10.2. The highest BCUT2D eigenvalue weighted by molar-refractivity contribution is 5.96. The lowest BCUT2D eigenvalue weighted by atomic mass is 10.1. The van der Waals surface area contributed by atoms with Crippen LogP contribution in [0.4, 0.5) is 10.5 Å². The third kappa shape index (κ3) is 5.45. The monoisotopic (exact) mass is 372 g/mol. The second-order valence-electron chi connectivity index (χ2n) is 7.83. The maximum absolute atomic E-state index is 12.3. The number of rotatable bonds is 6. The Morgan fingerprint density at radius 3 is 2.67 bits per heavy atom. The van der Waals surface area contributed by atoms with E-state index in [4.69, 9.17) is 0 Å². The van der Waals surface area contributed by atoms with Gasteiger partial charge in [-0.05, 0) is 76.0 Å². The molecule has 1 aromatic rings. The van der Waals surface area contributed by atoms with Gasteiger partial charge in [0.25, 0.3) is 0 Å². The summed E-state index contributed by atoms with van der Waals surface area (Å²) in [7, 11) is 0. The number of benzene rings is 1. The Hall–Kier alpha value is -2.08. The van der Waals surface area contributed by atoms with Gasteiger partial charge in [-0.3, -0.25) is 4.79 Å². The molecule has 2 saturated heterocycles. The highest BCUT2D eigenvalue weighted by Gasteiger charge is 2.31. The lowest BCUT2D eigenvalue weighted by Crippen LogP contribution is -2.44. The van der Waals surface area contributed by atoms with Crippen molar-refractivity contribution in [1.82, 2.24) is 15.5 Å². The number of carbonyl (C=O) groups excluding carboxylic acids is 2. The Labute approximate surface area is 162 Å². The molecule has 1 unspecified atom stereocenters. The summed E-state index contributed by atoms with van der Waals surface area (Å²) in [5.74, 6) is 0.0636. The van der Waals surface area contributed by atoms with E-state index in [2.05, 4.69) is 22.5 Å². The van der Waals surface area contributed by atoms with Crippen molar-refractivity contribution < 1.29 is 9.59 Å². The topological polar surface area (TPSA) is 64.7 Å². The van der Waals surface area contributed by atoms with Crippen LogP contribution in [0.3, 0.4) is 0 Å². The molecule has 1 atom stereocenters. The van der Waals surface area contributed by atoms with Crippen LogP contribution in [0, 0.1) is 13.8 Å². The highest BCUT2D eigenvalue weighted by Crippen LogP contribution is 2.24. The minimum atomic E-state index is -0.173. The molecular formula is C21H32N4O2. The molecule has 0 spiro atoms. The number of nitrogens with one attached hydrogen (secondary N) is 2. The van der Waals surface area contributed by atoms with E-state index in [-0.39, 0.29) is 18.0 Å². The zero-order chi connectivity index (χ0) is 19.2. The number of carbonyl (C=O) groups is 2. The second-order valence-corrected chi connectivity index (χ2v) is 7.83. The van der Waals surface area contributed by atoms with Crippen molar-refractivity contribution in [1.29, 1.82) is 0 Å². The minimum absolute atomic E-state index is 0.0636. The summed E-state index contributed by atoms with van der Waals surface area (Å²) >= 11 is 0. The predicted octanol–water partition coefficient (Wildman–Crippen LogP) is 2.58. The number of nitrogens with zero attached hydrogens (tertiary/aromatic N) is 2. The maximum atomic E-state index is 12.3. The van der Waals surface area contributed by atoms with Crippen LogP contribution in [0.15, 0.2) is 18.2 Å². The molecule has 2 N–H and O–H groups in total. The van der Waals surface area contributed by atoms with Crippen molar-refractivity contribution in [3.8, 4) is 0 Å². The number of urea groups is 1. The molecule has 2 aliphatic heterocycles. The van der Waals surface area contributed by atoms with Crippen molar-refractivity contribution in [3.05, 3.63) is 29.3 Å². The average Bonchev–Trinajstić information content (AvgIpc) is 3.02. The zero-order valence-corrected chi connectivity index (χ0v) is 16.6. The molecule has 2 heterocycles. The van der Waals surface area contributed by atoms with Crippen molar-refractivity contribution in [2.24, 2.45) is 0 Å². The molecule has 148 valence electrons. The molecule has 1 aromatic carbocycles. The van der Waals surface area contributed by atoms with Gasteiger partial charge in [-0.25, -0.2) is 4.79 Å². The van der Waals surface area contributed by atoms with Crippen molar-refractivity contribution >= 4 is 17.6 Å². The van der Waals surface area contributed by atoms with Gasteiger partial charge in [0, 0.05) is 25.2 Å². The van der Waals surface area contributed by atoms with Crippen LogP contribution in [-0.4, -0.2) is 55.6 Å². The molecule has 6 heteroatoms. The molecule has 27 heavy (non-hydrogen) atoms. The first kappa shape index (κ1) is 19.7. The standard InChI is InChI=1S/C21H32N4O2/c1-16-7-8-19(13-17(16)2)25-15-18(14-20(25)26)23-21(27)22-9-6-12-24-10-4-3-5-11-24/h7-8,13,18H,3-6,9-12,14-15H2,1-2H3,(H2,22,23,27). The SMILES string of the molecule is Cc1ccc(N2CC(NC(=O)NCCCN3CCCCC3)CC2=O)cc1C. The van der Waals surface area contributed by atoms with Gasteiger partial charge in [-0.1, -0.05) is 12.5 Å². The van der Waals surface area contributed by atoms with Crippen LogP contribution >= 0.6 is 0 Å². The van der Waals surface area contributed by atoms with Crippen LogP contribution in [0.2, 0.25) is 0 Å². The lowest BCUT2D eigenvalue weighted by molar-refractivity contribution is -0.117. The molecule has 0 radical (unpaired) electrons. The van der Waals surface area contributed by atoms with E-state index >= 15 is 0 Å². The molecule has 2 aliphatic rings. The van der Waals surface area contributed by atoms with Crippen molar-refractivity contribution in [2.75, 3.05) is 37.6 Å². The van der Waals surface area contributed by atoms with Gasteiger partial charge < -0.3 is 20.4 Å². The molecule has 0 bridgehead atoms. The summed E-state index contributed by atoms with van der Waals surface area (Å²) in [6.07, 6.45) is 5.25. The van der Waals surface area contributed by atoms with E-state index in [1.807, 2.05) is 25.1 Å². The summed E-state index contributed by atoms with van der Waals surface area (Å²) < 4.78 is 0. The normalized spacial score (nSPS) is 20.7. The molecular weight excluding hydrogens is 340 g/mol. The predicted molar refractivity (Wildman–Crippen MR) is 108 cm³/mol. The van der Waals surface area contributed by atoms with Crippen LogP contribution in [0.25, 0.3) is 0 Å². The third-order valence-electron chi connectivity index (χ3n) is 5.65. The summed E-state index contributed by atoms with van der Waals surface area (Å²) in [4.78, 5) is 28.7. The van der Waals surface area contributed by atoms with Gasteiger partial charge in [0.2, 0.25) is 5.91 Å². The van der Waals surface area contributed by atoms with Gasteiger partial charge in [0.05, 0.1) is 6.04 Å². The first-order chi connectivity index (χ1) is 13.0. The van der Waals surface area contributed by atoms with Gasteiger partial charge in [0.1, 0.15) is 0 Å². The summed E-state index contributed by atoms with van der Waals surface area (Å²) in [6, 6.07) is 5.74. The van der Waals surface area contributed by atoms with E-state index in [0.717, 1.165) is 18.7 Å². The molecule has 3 amide bonds. The smallest absolute Gasteiger partial charge is 0.315 e. The number of piperidine rings is 1. The fourth-order valence-corrected chi connectivity index (χ4v) is 3.87. The summed E-state index contributed by atoms with van der Waals surface area (Å²) in [5.41, 5.74) is 3.29. The summed E-state index contributed by atoms with van der Waals surface area (Å²) in [5, 5.41) is 5.88. The van der Waals surface area contributed by atoms with E-state index in [0.29, 0.717) is 19.5 Å². The first-order valence-corrected chi connectivity index (χ1v) is 10.2. The fourth-order valence-electron chi connectivity index (χ4n) is 3.87. The average molecular weight is 373 g/mol. The number of anilines is 1. The number of amides is 3. The van der Waals surface area contributed by atoms with Gasteiger partial charge >= 0.3 is 6.03 Å². The minimum Gasteiger partial charge on any atom is -0.338 e. The van der Waals surface area contributed by atoms with E-state index in [9.17, 15) is 9.59 Å². The van der Waals surface area contributed by atoms with Gasteiger partial charge in [-0.2, -0.15) is 0 Å². The number of hydrogen-bond donors (Lipinski definition) is 2. The Balaban J connectivity index is 1.39. The highest BCUT2D eigenvalue weighted by atomic mass is 16.2. The van der Waals surface area contributed by atoms with Crippen LogP contribution in [0.5, 0.6) is 0 Å². The van der Waals surface area contributed by atoms with Gasteiger partial charge in [-0.15, -0.1) is 0 Å². The second kappa shape index (κ2) is 9.22. The number of aryl methyl sites for hydroxylation is 2. The largest absolute Gasteiger partial charge is 0.338 e.